The van der Waals surface area contributed by atoms with Gasteiger partial charge in [-0.05, 0) is 61.6 Å². The van der Waals surface area contributed by atoms with E-state index in [2.05, 4.69) is 15.6 Å². The smallest absolute Gasteiger partial charge is 0.319 e. The van der Waals surface area contributed by atoms with E-state index >= 15 is 0 Å². The lowest BCUT2D eigenvalue weighted by atomic mass is 9.88. The van der Waals surface area contributed by atoms with Gasteiger partial charge < -0.3 is 15.5 Å². The summed E-state index contributed by atoms with van der Waals surface area (Å²) in [6, 6.07) is 9.46. The summed E-state index contributed by atoms with van der Waals surface area (Å²) < 4.78 is 26.0. The average Bonchev–Trinajstić information content (AvgIpc) is 2.78. The maximum atomic E-state index is 13.0. The largest absolute Gasteiger partial charge is 0.349 e. The van der Waals surface area contributed by atoms with Crippen LogP contribution in [0.15, 0.2) is 53.7 Å². The molecular weight excluding hydrogens is 416 g/mol. The Morgan fingerprint density at radius 1 is 1.06 bits per heavy atom. The Labute approximate surface area is 183 Å². The highest BCUT2D eigenvalue weighted by molar-refractivity contribution is 7.92. The van der Waals surface area contributed by atoms with Gasteiger partial charge in [0.15, 0.2) is 9.84 Å². The molecule has 1 saturated carbocycles. The summed E-state index contributed by atoms with van der Waals surface area (Å²) in [7, 11) is -0.0388. The third kappa shape index (κ3) is 5.81. The predicted octanol–water partition coefficient (Wildman–Crippen LogP) is 2.82. The van der Waals surface area contributed by atoms with Gasteiger partial charge in [-0.2, -0.15) is 0 Å². The van der Waals surface area contributed by atoms with Crippen molar-refractivity contribution in [3.05, 3.63) is 54.4 Å². The minimum atomic E-state index is -3.48. The van der Waals surface area contributed by atoms with E-state index in [-0.39, 0.29) is 22.8 Å². The first-order valence-corrected chi connectivity index (χ1v) is 11.8. The van der Waals surface area contributed by atoms with Crippen molar-refractivity contribution < 1.29 is 18.0 Å². The van der Waals surface area contributed by atoms with Crippen LogP contribution in [0, 0.1) is 5.92 Å². The molecule has 1 heterocycles. The molecule has 1 aromatic heterocycles. The van der Waals surface area contributed by atoms with Crippen LogP contribution in [0.3, 0.4) is 0 Å². The monoisotopic (exact) mass is 444 g/mol. The molecule has 0 aliphatic heterocycles. The summed E-state index contributed by atoms with van der Waals surface area (Å²) in [6.45, 7) is 0.338. The first-order valence-electron chi connectivity index (χ1n) is 10.3. The van der Waals surface area contributed by atoms with Gasteiger partial charge in [-0.1, -0.05) is 6.07 Å². The normalized spacial score (nSPS) is 18.8. The molecule has 3 amide bonds. The first-order chi connectivity index (χ1) is 14.8. The van der Waals surface area contributed by atoms with Crippen LogP contribution in [0.5, 0.6) is 0 Å². The highest BCUT2D eigenvalue weighted by atomic mass is 32.2. The molecule has 0 atom stereocenters. The average molecular weight is 445 g/mol. The van der Waals surface area contributed by atoms with Crippen LogP contribution < -0.4 is 10.6 Å². The van der Waals surface area contributed by atoms with Crippen LogP contribution >= 0.6 is 0 Å². The molecular formula is C22H28N4O4S. The molecule has 3 rings (SSSR count). The molecule has 9 heteroatoms. The Morgan fingerprint density at radius 3 is 2.32 bits per heavy atom. The number of pyridine rings is 1. The van der Waals surface area contributed by atoms with Gasteiger partial charge in [0.1, 0.15) is 0 Å². The standard InChI is InChI=1S/C22H28N4O4S/c1-26(2)21(27)17-5-9-19(10-6-17)31(29,30)20-11-7-18(8-12-20)25-22(28)24-15-16-4-3-13-23-14-16/h3-4,7-8,11-14,17,19H,5-6,9-10,15H2,1-2H3,(H2,24,25,28). The minimum Gasteiger partial charge on any atom is -0.349 e. The summed E-state index contributed by atoms with van der Waals surface area (Å²) in [5.74, 6) is -0.0358. The molecule has 0 unspecified atom stereocenters. The number of nitrogens with zero attached hydrogens (tertiary/aromatic N) is 2. The molecule has 2 N–H and O–H groups in total. The second kappa shape index (κ2) is 9.91. The zero-order valence-electron chi connectivity index (χ0n) is 17.7. The van der Waals surface area contributed by atoms with E-state index in [9.17, 15) is 18.0 Å². The van der Waals surface area contributed by atoms with E-state index in [1.807, 2.05) is 6.07 Å². The molecule has 0 spiro atoms. The van der Waals surface area contributed by atoms with Crippen molar-refractivity contribution in [1.29, 1.82) is 0 Å². The van der Waals surface area contributed by atoms with Gasteiger partial charge in [-0.3, -0.25) is 9.78 Å². The van der Waals surface area contributed by atoms with E-state index < -0.39 is 15.1 Å². The van der Waals surface area contributed by atoms with Gasteiger partial charge >= 0.3 is 6.03 Å². The number of hydrogen-bond donors (Lipinski definition) is 2. The third-order valence-electron chi connectivity index (χ3n) is 5.52. The zero-order valence-corrected chi connectivity index (χ0v) is 18.6. The SMILES string of the molecule is CN(C)C(=O)C1CCC(S(=O)(=O)c2ccc(NC(=O)NCc3cccnc3)cc2)CC1. The molecule has 1 aliphatic rings. The maximum absolute atomic E-state index is 13.0. The fourth-order valence-electron chi connectivity index (χ4n) is 3.77. The summed E-state index contributed by atoms with van der Waals surface area (Å²) in [6.07, 6.45) is 5.44. The molecule has 2 aromatic rings. The number of hydrogen-bond acceptors (Lipinski definition) is 5. The van der Waals surface area contributed by atoms with Crippen molar-refractivity contribution in [2.45, 2.75) is 42.4 Å². The molecule has 8 nitrogen and oxygen atoms in total. The number of benzene rings is 1. The topological polar surface area (TPSA) is 108 Å². The predicted molar refractivity (Wildman–Crippen MR) is 118 cm³/mol. The maximum Gasteiger partial charge on any atom is 0.319 e. The number of carbonyl (C=O) groups excluding carboxylic acids is 2. The Hall–Kier alpha value is -2.94. The number of rotatable bonds is 6. The van der Waals surface area contributed by atoms with Crippen molar-refractivity contribution in [2.24, 2.45) is 5.92 Å². The van der Waals surface area contributed by atoms with Crippen LogP contribution in [0.2, 0.25) is 0 Å². The van der Waals surface area contributed by atoms with Crippen molar-refractivity contribution in [1.82, 2.24) is 15.2 Å². The van der Waals surface area contributed by atoms with Gasteiger partial charge in [-0.15, -0.1) is 0 Å². The van der Waals surface area contributed by atoms with E-state index in [0.717, 1.165) is 5.56 Å². The number of amides is 3. The van der Waals surface area contributed by atoms with E-state index in [0.29, 0.717) is 37.9 Å². The summed E-state index contributed by atoms with van der Waals surface area (Å²) >= 11 is 0. The fourth-order valence-corrected chi connectivity index (χ4v) is 5.56. The number of nitrogens with one attached hydrogen (secondary N) is 2. The molecule has 0 radical (unpaired) electrons. The van der Waals surface area contributed by atoms with Crippen LogP contribution in [-0.2, 0) is 21.2 Å². The Bertz CT molecular complexity index is 1000. The number of urea groups is 1. The van der Waals surface area contributed by atoms with E-state index in [1.54, 1.807) is 49.6 Å². The van der Waals surface area contributed by atoms with Gasteiger partial charge in [-0.25, -0.2) is 13.2 Å². The number of aromatic nitrogens is 1. The van der Waals surface area contributed by atoms with Gasteiger partial charge in [0.25, 0.3) is 0 Å². The Morgan fingerprint density at radius 2 is 1.74 bits per heavy atom. The second-order valence-corrected chi connectivity index (χ2v) is 10.2. The molecule has 1 aliphatic carbocycles. The van der Waals surface area contributed by atoms with Gasteiger partial charge in [0.2, 0.25) is 5.91 Å². The molecule has 1 fully saturated rings. The second-order valence-electron chi connectivity index (χ2n) is 7.94. The number of carbonyl (C=O) groups is 2. The quantitative estimate of drug-likeness (QED) is 0.712. The van der Waals surface area contributed by atoms with Crippen LogP contribution in [0.4, 0.5) is 10.5 Å². The third-order valence-corrected chi connectivity index (χ3v) is 7.80. The van der Waals surface area contributed by atoms with E-state index in [1.165, 1.54) is 12.1 Å². The highest BCUT2D eigenvalue weighted by Gasteiger charge is 2.34. The molecule has 0 bridgehead atoms. The number of anilines is 1. The molecule has 0 saturated heterocycles. The zero-order chi connectivity index (χ0) is 22.4. The van der Waals surface area contributed by atoms with Gasteiger partial charge in [0, 0.05) is 44.6 Å². The Balaban J connectivity index is 1.55. The lowest BCUT2D eigenvalue weighted by Crippen LogP contribution is -2.35. The lowest BCUT2D eigenvalue weighted by Gasteiger charge is -2.29. The minimum absolute atomic E-state index is 0.0630. The van der Waals surface area contributed by atoms with E-state index in [4.69, 9.17) is 0 Å². The van der Waals surface area contributed by atoms with Crippen LogP contribution in [0.25, 0.3) is 0 Å². The summed E-state index contributed by atoms with van der Waals surface area (Å²) in [4.78, 5) is 30.0. The fraction of sp³-hybridized carbons (Fsp3) is 0.409. The first kappa shape index (κ1) is 22.7. The summed E-state index contributed by atoms with van der Waals surface area (Å²) in [5.41, 5.74) is 1.38. The molecule has 31 heavy (non-hydrogen) atoms. The number of sulfone groups is 1. The van der Waals surface area contributed by atoms with Crippen LogP contribution in [-0.4, -0.2) is 49.6 Å². The van der Waals surface area contributed by atoms with Gasteiger partial charge in [0.05, 0.1) is 10.1 Å². The molecule has 166 valence electrons. The highest BCUT2D eigenvalue weighted by Crippen LogP contribution is 2.32. The molecule has 1 aromatic carbocycles. The van der Waals surface area contributed by atoms with Crippen LogP contribution in [0.1, 0.15) is 31.2 Å². The van der Waals surface area contributed by atoms with Crippen molar-refractivity contribution >= 4 is 27.5 Å². The lowest BCUT2D eigenvalue weighted by molar-refractivity contribution is -0.133. The summed E-state index contributed by atoms with van der Waals surface area (Å²) in [5, 5.41) is 4.93. The van der Waals surface area contributed by atoms with Crippen molar-refractivity contribution in [3.8, 4) is 0 Å². The van der Waals surface area contributed by atoms with Crippen molar-refractivity contribution in [2.75, 3.05) is 19.4 Å². The van der Waals surface area contributed by atoms with Crippen molar-refractivity contribution in [3.63, 3.8) is 0 Å². The Kier molecular flexibility index (Phi) is 7.27.